The Bertz CT molecular complexity index is 1700. The highest BCUT2D eigenvalue weighted by Crippen LogP contribution is 2.51. The summed E-state index contributed by atoms with van der Waals surface area (Å²) in [6, 6.07) is 27.5. The second-order valence-electron chi connectivity index (χ2n) is 8.74. The summed E-state index contributed by atoms with van der Waals surface area (Å²) in [5.74, 6) is -0.342. The van der Waals surface area contributed by atoms with Crippen LogP contribution in [0.5, 0.6) is 0 Å². The first kappa shape index (κ1) is 19.6. The number of allylic oxidation sites excluding steroid dienone is 1. The molecule has 5 aromatic rings. The molecule has 0 aliphatic carbocycles. The zero-order valence-corrected chi connectivity index (χ0v) is 19.5. The lowest BCUT2D eigenvalue weighted by molar-refractivity contribution is -0.136. The van der Waals surface area contributed by atoms with E-state index < -0.39 is 0 Å². The van der Waals surface area contributed by atoms with E-state index in [1.165, 1.54) is 34.0 Å². The minimum absolute atomic E-state index is 0.333. The van der Waals surface area contributed by atoms with Crippen LogP contribution in [0, 0.1) is 0 Å². The monoisotopic (exact) mass is 460 g/mol. The third-order valence-electron chi connectivity index (χ3n) is 6.98. The van der Waals surface area contributed by atoms with E-state index in [2.05, 4.69) is 71.6 Å². The fourth-order valence-corrected chi connectivity index (χ4v) is 6.61. The van der Waals surface area contributed by atoms with Crippen LogP contribution in [0.1, 0.15) is 18.5 Å². The summed E-state index contributed by atoms with van der Waals surface area (Å²) in [5.41, 5.74) is 3.43. The predicted molar refractivity (Wildman–Crippen MR) is 140 cm³/mol. The summed E-state index contributed by atoms with van der Waals surface area (Å²) in [6.07, 6.45) is 0. The first-order chi connectivity index (χ1) is 16.7. The largest absolute Gasteiger partial charge is 0.466 e. The normalized spacial score (nSPS) is 17.4. The van der Waals surface area contributed by atoms with Gasteiger partial charge in [0, 0.05) is 4.90 Å². The van der Waals surface area contributed by atoms with E-state index in [0.29, 0.717) is 11.3 Å². The van der Waals surface area contributed by atoms with E-state index in [0.717, 1.165) is 26.7 Å². The molecule has 1 atom stereocenters. The Morgan fingerprint density at radius 2 is 1.59 bits per heavy atom. The van der Waals surface area contributed by atoms with Gasteiger partial charge in [0.1, 0.15) is 0 Å². The van der Waals surface area contributed by atoms with Crippen molar-refractivity contribution in [3.05, 3.63) is 95.7 Å². The predicted octanol–water partition coefficient (Wildman–Crippen LogP) is 7.05. The third kappa shape index (κ3) is 2.56. The molecule has 7 rings (SSSR count). The van der Waals surface area contributed by atoms with E-state index in [1.54, 1.807) is 11.8 Å². The molecule has 0 amide bonds. The van der Waals surface area contributed by atoms with Crippen molar-refractivity contribution in [2.24, 2.45) is 4.99 Å². The summed E-state index contributed by atoms with van der Waals surface area (Å²) < 4.78 is 5.27. The van der Waals surface area contributed by atoms with Crippen molar-refractivity contribution in [3.8, 4) is 0 Å². The van der Waals surface area contributed by atoms with Crippen LogP contribution in [-0.2, 0) is 9.53 Å². The number of anilines is 1. The van der Waals surface area contributed by atoms with Gasteiger partial charge in [0.2, 0.25) is 0 Å². The van der Waals surface area contributed by atoms with Crippen molar-refractivity contribution in [2.45, 2.75) is 17.9 Å². The number of hydrogen-bond acceptors (Lipinski definition) is 5. The van der Waals surface area contributed by atoms with Crippen LogP contribution < -0.4 is 4.90 Å². The molecule has 0 saturated carbocycles. The summed E-state index contributed by atoms with van der Waals surface area (Å²) in [6.45, 7) is 1.91. The molecule has 164 valence electrons. The molecule has 0 radical (unpaired) electrons. The molecule has 0 fully saturated rings. The maximum atomic E-state index is 13.1. The number of esters is 1. The minimum atomic E-state index is -0.342. The lowest BCUT2D eigenvalue weighted by Crippen LogP contribution is -2.37. The number of amidine groups is 1. The highest BCUT2D eigenvalue weighted by atomic mass is 32.2. The number of methoxy groups -OCH3 is 1. The van der Waals surface area contributed by atoms with Crippen molar-refractivity contribution in [3.63, 3.8) is 0 Å². The molecule has 5 heteroatoms. The van der Waals surface area contributed by atoms with Crippen molar-refractivity contribution in [1.82, 2.24) is 0 Å². The maximum Gasteiger partial charge on any atom is 0.338 e. The number of carbonyl (C=O) groups excluding carboxylic acids is 1. The molecule has 0 aromatic heterocycles. The minimum Gasteiger partial charge on any atom is -0.466 e. The van der Waals surface area contributed by atoms with Gasteiger partial charge < -0.3 is 9.64 Å². The van der Waals surface area contributed by atoms with Crippen LogP contribution in [0.3, 0.4) is 0 Å². The molecule has 4 nitrogen and oxygen atoms in total. The summed E-state index contributed by atoms with van der Waals surface area (Å²) in [7, 11) is 1.44. The quantitative estimate of drug-likeness (QED) is 0.209. The van der Waals surface area contributed by atoms with Crippen LogP contribution in [0.15, 0.2) is 100 Å². The molecule has 2 aliphatic rings. The Labute approximate surface area is 200 Å². The van der Waals surface area contributed by atoms with Crippen molar-refractivity contribution in [1.29, 1.82) is 0 Å². The number of para-hydroxylation sites is 1. The fraction of sp³-hybridized carbons (Fsp3) is 0.103. The SMILES string of the molecule is COC(=O)C1=C(C)N=C2Sc3ccccc3N2C1c1ccc2ccc3cccc4ccc1c2c34. The van der Waals surface area contributed by atoms with Crippen molar-refractivity contribution < 1.29 is 9.53 Å². The molecule has 0 saturated heterocycles. The average molecular weight is 461 g/mol. The Morgan fingerprint density at radius 3 is 2.38 bits per heavy atom. The number of hydrogen-bond donors (Lipinski definition) is 0. The van der Waals surface area contributed by atoms with Crippen LogP contribution in [0.2, 0.25) is 0 Å². The first-order valence-electron chi connectivity index (χ1n) is 11.3. The number of rotatable bonds is 2. The van der Waals surface area contributed by atoms with E-state index in [1.807, 2.05) is 19.1 Å². The van der Waals surface area contributed by atoms with Crippen LogP contribution >= 0.6 is 11.8 Å². The van der Waals surface area contributed by atoms with Crippen molar-refractivity contribution >= 4 is 60.9 Å². The Balaban J connectivity index is 1.57. The highest BCUT2D eigenvalue weighted by Gasteiger charge is 2.42. The first-order valence-corrected chi connectivity index (χ1v) is 12.1. The standard InChI is InChI=1S/C29H20N2O2S/c1-16-24(28(32)33-2)27(31-22-8-3-4-9-23(22)34-29(31)30-16)21-15-13-19-11-10-17-6-5-7-18-12-14-20(21)26(19)25(17)18/h3-15,27H,1-2H3. The number of ether oxygens (including phenoxy) is 1. The van der Waals surface area contributed by atoms with Gasteiger partial charge in [0.25, 0.3) is 0 Å². The second kappa shape index (κ2) is 7.08. The van der Waals surface area contributed by atoms with Gasteiger partial charge in [0.15, 0.2) is 5.17 Å². The average Bonchev–Trinajstić information content (AvgIpc) is 3.24. The smallest absolute Gasteiger partial charge is 0.338 e. The summed E-state index contributed by atoms with van der Waals surface area (Å²) >= 11 is 1.65. The second-order valence-corrected chi connectivity index (χ2v) is 9.75. The van der Waals surface area contributed by atoms with Gasteiger partial charge in [-0.25, -0.2) is 9.79 Å². The number of nitrogens with zero attached hydrogens (tertiary/aromatic N) is 2. The number of benzene rings is 5. The Morgan fingerprint density at radius 1 is 0.882 bits per heavy atom. The van der Waals surface area contributed by atoms with Gasteiger partial charge in [-0.3, -0.25) is 0 Å². The number of fused-ring (bicyclic) bond motifs is 3. The molecule has 34 heavy (non-hydrogen) atoms. The van der Waals surface area contributed by atoms with Crippen LogP contribution in [0.25, 0.3) is 32.3 Å². The van der Waals surface area contributed by atoms with Crippen LogP contribution in [0.4, 0.5) is 5.69 Å². The summed E-state index contributed by atoms with van der Waals surface area (Å²) in [5, 5.41) is 8.18. The van der Waals surface area contributed by atoms with E-state index in [-0.39, 0.29) is 12.0 Å². The zero-order chi connectivity index (χ0) is 23.0. The van der Waals surface area contributed by atoms with Gasteiger partial charge in [0.05, 0.1) is 30.1 Å². The molecule has 0 spiro atoms. The van der Waals surface area contributed by atoms with Crippen LogP contribution in [-0.4, -0.2) is 18.2 Å². The molecular formula is C29H20N2O2S. The van der Waals surface area contributed by atoms with Gasteiger partial charge in [-0.2, -0.15) is 0 Å². The van der Waals surface area contributed by atoms with Gasteiger partial charge >= 0.3 is 5.97 Å². The molecule has 5 aromatic carbocycles. The molecule has 1 unspecified atom stereocenters. The third-order valence-corrected chi connectivity index (χ3v) is 8.01. The Hall–Kier alpha value is -3.83. The highest BCUT2D eigenvalue weighted by molar-refractivity contribution is 8.14. The van der Waals surface area contributed by atoms with Crippen molar-refractivity contribution in [2.75, 3.05) is 12.0 Å². The van der Waals surface area contributed by atoms with E-state index >= 15 is 0 Å². The molecular weight excluding hydrogens is 440 g/mol. The van der Waals surface area contributed by atoms with E-state index in [9.17, 15) is 4.79 Å². The van der Waals surface area contributed by atoms with Gasteiger partial charge in [-0.15, -0.1) is 0 Å². The molecule has 2 aliphatic heterocycles. The topological polar surface area (TPSA) is 41.9 Å². The maximum absolute atomic E-state index is 13.1. The van der Waals surface area contributed by atoms with E-state index in [4.69, 9.17) is 9.73 Å². The number of thioether (sulfide) groups is 1. The molecule has 0 N–H and O–H groups in total. The molecule has 2 heterocycles. The van der Waals surface area contributed by atoms with Gasteiger partial charge in [-0.05, 0) is 68.7 Å². The lowest BCUT2D eigenvalue weighted by atomic mass is 9.86. The van der Waals surface area contributed by atoms with Gasteiger partial charge in [-0.1, -0.05) is 66.7 Å². The number of carbonyl (C=O) groups is 1. The zero-order valence-electron chi connectivity index (χ0n) is 18.7. The fourth-order valence-electron chi connectivity index (χ4n) is 5.51. The Kier molecular flexibility index (Phi) is 4.09. The molecule has 0 bridgehead atoms. The number of aliphatic imine (C=N–C) groups is 1. The lowest BCUT2D eigenvalue weighted by Gasteiger charge is -2.35. The summed E-state index contributed by atoms with van der Waals surface area (Å²) in [4.78, 5) is 21.3.